The zero-order valence-electron chi connectivity index (χ0n) is 26.2. The van der Waals surface area contributed by atoms with Crippen molar-refractivity contribution >= 4 is 27.9 Å². The van der Waals surface area contributed by atoms with Crippen molar-refractivity contribution in [1.82, 2.24) is 24.5 Å². The lowest BCUT2D eigenvalue weighted by Gasteiger charge is -2.15. The zero-order valence-corrected chi connectivity index (χ0v) is 26.2. The van der Waals surface area contributed by atoms with Crippen LogP contribution in [0.25, 0.3) is 62.0 Å². The molecule has 0 bridgehead atoms. The Bertz CT molecular complexity index is 2250. The summed E-state index contributed by atoms with van der Waals surface area (Å²) >= 11 is 0. The second-order valence-electron chi connectivity index (χ2n) is 11.3. The van der Waals surface area contributed by atoms with Gasteiger partial charge in [0.15, 0.2) is 17.5 Å². The first-order valence-corrected chi connectivity index (χ1v) is 15.6. The molecule has 0 radical (unpaired) electrons. The molecule has 2 aromatic heterocycles. The van der Waals surface area contributed by atoms with Gasteiger partial charge in [-0.3, -0.25) is 4.57 Å². The molecule has 5 nitrogen and oxygen atoms in total. The van der Waals surface area contributed by atoms with Gasteiger partial charge in [-0.05, 0) is 53.8 Å². The van der Waals surface area contributed by atoms with Crippen molar-refractivity contribution in [3.05, 3.63) is 176 Å². The van der Waals surface area contributed by atoms with E-state index >= 15 is 0 Å². The van der Waals surface area contributed by atoms with Crippen molar-refractivity contribution in [2.24, 2.45) is 0 Å². The summed E-state index contributed by atoms with van der Waals surface area (Å²) in [7, 11) is 0. The number of hydrogen-bond acceptors (Lipinski definition) is 4. The van der Waals surface area contributed by atoms with Crippen LogP contribution in [0.5, 0.6) is 0 Å². The molecule has 0 aliphatic carbocycles. The van der Waals surface area contributed by atoms with Crippen LogP contribution in [0.15, 0.2) is 159 Å². The van der Waals surface area contributed by atoms with E-state index in [0.29, 0.717) is 17.5 Å². The number of fused-ring (bicyclic) bond motifs is 5. The number of imidazole rings is 1. The summed E-state index contributed by atoms with van der Waals surface area (Å²) in [6, 6.07) is 35.1. The van der Waals surface area contributed by atoms with E-state index in [9.17, 15) is 0 Å². The maximum Gasteiger partial charge on any atom is 0.164 e. The molecule has 226 valence electrons. The average molecular weight is 608 g/mol. The van der Waals surface area contributed by atoms with Gasteiger partial charge in [0.05, 0.1) is 11.0 Å². The molecule has 0 fully saturated rings. The molecule has 0 saturated carbocycles. The van der Waals surface area contributed by atoms with Gasteiger partial charge in [-0.15, -0.1) is 0 Å². The van der Waals surface area contributed by atoms with Crippen molar-refractivity contribution < 1.29 is 0 Å². The van der Waals surface area contributed by atoms with Crippen LogP contribution in [-0.4, -0.2) is 24.5 Å². The summed E-state index contributed by atoms with van der Waals surface area (Å²) < 4.78 is 2.16. The minimum atomic E-state index is 0.623. The van der Waals surface area contributed by atoms with Crippen LogP contribution in [0.2, 0.25) is 0 Å². The van der Waals surface area contributed by atoms with Crippen LogP contribution < -0.4 is 0 Å². The van der Waals surface area contributed by atoms with E-state index < -0.39 is 0 Å². The second-order valence-corrected chi connectivity index (χ2v) is 11.3. The molecule has 5 heteroatoms. The smallest absolute Gasteiger partial charge is 0.164 e. The van der Waals surface area contributed by atoms with Crippen molar-refractivity contribution in [3.63, 3.8) is 0 Å². The highest BCUT2D eigenvalue weighted by atomic mass is 15.1. The molecular weight excluding hydrogens is 574 g/mol. The Morgan fingerprint density at radius 3 is 2.17 bits per heavy atom. The first-order chi connectivity index (χ1) is 23.1. The monoisotopic (exact) mass is 607 g/mol. The van der Waals surface area contributed by atoms with Crippen LogP contribution in [0, 0.1) is 0 Å². The van der Waals surface area contributed by atoms with Gasteiger partial charge < -0.3 is 0 Å². The van der Waals surface area contributed by atoms with E-state index in [1.807, 2.05) is 67.6 Å². The number of allylic oxidation sites excluding steroid dienone is 10. The molecule has 4 aromatic carbocycles. The number of rotatable bonds is 6. The van der Waals surface area contributed by atoms with Gasteiger partial charge in [-0.1, -0.05) is 141 Å². The first kappa shape index (κ1) is 29.5. The molecule has 1 aliphatic rings. The number of nitrogens with zero attached hydrogens (tertiary/aromatic N) is 5. The Labute approximate surface area is 275 Å². The van der Waals surface area contributed by atoms with Crippen molar-refractivity contribution in [2.45, 2.75) is 13.3 Å². The van der Waals surface area contributed by atoms with Gasteiger partial charge in [-0.2, -0.15) is 0 Å². The van der Waals surface area contributed by atoms with E-state index in [4.69, 9.17) is 19.9 Å². The minimum absolute atomic E-state index is 0.623. The van der Waals surface area contributed by atoms with Crippen LogP contribution >= 0.6 is 0 Å². The largest absolute Gasteiger partial charge is 0.293 e. The molecule has 0 unspecified atom stereocenters. The summed E-state index contributed by atoms with van der Waals surface area (Å²) in [4.78, 5) is 19.6. The number of hydrogen-bond donors (Lipinski definition) is 0. The molecule has 0 saturated heterocycles. The third kappa shape index (κ3) is 6.07. The van der Waals surface area contributed by atoms with Crippen molar-refractivity contribution in [3.8, 4) is 34.2 Å². The Kier molecular flexibility index (Phi) is 8.18. The molecule has 0 amide bonds. The zero-order chi connectivity index (χ0) is 32.2. The summed E-state index contributed by atoms with van der Waals surface area (Å²) in [5.41, 5.74) is 10.1. The molecule has 7 rings (SSSR count). The Balaban J connectivity index is 1.27. The van der Waals surface area contributed by atoms with Gasteiger partial charge >= 0.3 is 0 Å². The Hall–Kier alpha value is -6.20. The molecule has 6 aromatic rings. The lowest BCUT2D eigenvalue weighted by Crippen LogP contribution is -2.02. The van der Waals surface area contributed by atoms with Gasteiger partial charge in [0.1, 0.15) is 5.82 Å². The highest BCUT2D eigenvalue weighted by molar-refractivity contribution is 5.88. The standard InChI is InChI=1S/C42H33N5/c1-4-5-7-14-29(2)39-44-40(34-16-8-6-9-17-34)46-41(45-39)35-27-24-32(25-28-35)31-22-21-30(3)47-38-20-13-12-19-37(38)43-42(47)36-18-11-10-15-33(36)26-23-31/h4-25,27-28H,1,3,26H2,2H3/b7-5-,22-21-,29-14+,31-23+. The molecule has 0 spiro atoms. The molecule has 3 heterocycles. The van der Waals surface area contributed by atoms with Gasteiger partial charge in [0, 0.05) is 22.4 Å². The fraction of sp³-hybridized carbons (Fsp3) is 0.0476. The Morgan fingerprint density at radius 1 is 0.702 bits per heavy atom. The van der Waals surface area contributed by atoms with Crippen molar-refractivity contribution in [1.29, 1.82) is 0 Å². The lowest BCUT2D eigenvalue weighted by atomic mass is 9.97. The minimum Gasteiger partial charge on any atom is -0.293 e. The van der Waals surface area contributed by atoms with Crippen LogP contribution in [0.3, 0.4) is 0 Å². The maximum atomic E-state index is 5.02. The van der Waals surface area contributed by atoms with Gasteiger partial charge in [0.2, 0.25) is 0 Å². The average Bonchev–Trinajstić information content (AvgIpc) is 3.52. The van der Waals surface area contributed by atoms with Crippen molar-refractivity contribution in [2.75, 3.05) is 0 Å². The molecule has 1 aliphatic heterocycles. The van der Waals surface area contributed by atoms with E-state index in [0.717, 1.165) is 62.4 Å². The highest BCUT2D eigenvalue weighted by Gasteiger charge is 2.18. The highest BCUT2D eigenvalue weighted by Crippen LogP contribution is 2.33. The Morgan fingerprint density at radius 2 is 1.38 bits per heavy atom. The van der Waals surface area contributed by atoms with Gasteiger partial charge in [-0.25, -0.2) is 19.9 Å². The van der Waals surface area contributed by atoms with E-state index in [-0.39, 0.29) is 0 Å². The predicted molar refractivity (Wildman–Crippen MR) is 195 cm³/mol. The SMILES string of the molecule is C=C/C=C\C=C(/C)c1nc(-c2ccccc2)nc(-c2ccc(C3=C/Cc4ccccc4-c4nc5ccccc5n4C(=C)/C=C\3)cc2)n1. The van der Waals surface area contributed by atoms with E-state index in [1.54, 1.807) is 6.08 Å². The molecule has 0 atom stereocenters. The second kappa shape index (κ2) is 13.0. The van der Waals surface area contributed by atoms with E-state index in [2.05, 4.69) is 96.6 Å². The summed E-state index contributed by atoms with van der Waals surface area (Å²) in [5.74, 6) is 2.80. The molecule has 47 heavy (non-hydrogen) atoms. The third-order valence-corrected chi connectivity index (χ3v) is 8.19. The maximum absolute atomic E-state index is 5.02. The summed E-state index contributed by atoms with van der Waals surface area (Å²) in [6.07, 6.45) is 14.8. The van der Waals surface area contributed by atoms with E-state index in [1.165, 1.54) is 5.56 Å². The number of para-hydroxylation sites is 2. The number of benzene rings is 4. The van der Waals surface area contributed by atoms with Gasteiger partial charge in [0.25, 0.3) is 0 Å². The summed E-state index contributed by atoms with van der Waals surface area (Å²) in [5, 5.41) is 0. The van der Waals surface area contributed by atoms with Crippen LogP contribution in [0.1, 0.15) is 23.9 Å². The fourth-order valence-corrected chi connectivity index (χ4v) is 5.74. The fourth-order valence-electron chi connectivity index (χ4n) is 5.74. The molecular formula is C42H33N5. The summed E-state index contributed by atoms with van der Waals surface area (Å²) in [6.45, 7) is 10.2. The first-order valence-electron chi connectivity index (χ1n) is 15.6. The topological polar surface area (TPSA) is 56.5 Å². The number of aromatic nitrogens is 5. The third-order valence-electron chi connectivity index (χ3n) is 8.19. The normalized spacial score (nSPS) is 15.1. The van der Waals surface area contributed by atoms with Crippen LogP contribution in [0.4, 0.5) is 0 Å². The quantitative estimate of drug-likeness (QED) is 0.177. The molecule has 0 N–H and O–H groups in total. The predicted octanol–water partition coefficient (Wildman–Crippen LogP) is 10.0. The van der Waals surface area contributed by atoms with Crippen LogP contribution in [-0.2, 0) is 6.42 Å². The lowest BCUT2D eigenvalue weighted by molar-refractivity contribution is 1.03.